The highest BCUT2D eigenvalue weighted by atomic mass is 32.1. The summed E-state index contributed by atoms with van der Waals surface area (Å²) in [7, 11) is 0. The number of rotatable bonds is 3. The molecule has 1 aromatic carbocycles. The average molecular weight is 347 g/mol. The largest absolute Gasteiger partial charge is 0.357 e. The van der Waals surface area contributed by atoms with Crippen molar-refractivity contribution in [1.82, 2.24) is 20.5 Å². The van der Waals surface area contributed by atoms with E-state index in [1.165, 1.54) is 12.1 Å². The minimum Gasteiger partial charge on any atom is -0.357 e. The zero-order valence-electron chi connectivity index (χ0n) is 14.5. The molecule has 24 heavy (non-hydrogen) atoms. The zero-order valence-corrected chi connectivity index (χ0v) is 15.3. The molecule has 7 heteroatoms. The number of aryl methyl sites for hydroxylation is 1. The molecule has 0 saturated heterocycles. The van der Waals surface area contributed by atoms with Crippen LogP contribution in [0.25, 0.3) is 5.69 Å². The van der Waals surface area contributed by atoms with Gasteiger partial charge in [-0.25, -0.2) is 9.07 Å². The lowest BCUT2D eigenvalue weighted by Gasteiger charge is -2.21. The highest BCUT2D eigenvalue weighted by Gasteiger charge is 2.12. The fourth-order valence-corrected chi connectivity index (χ4v) is 2.56. The van der Waals surface area contributed by atoms with Gasteiger partial charge in [-0.05, 0) is 71.1 Å². The maximum Gasteiger partial charge on any atom is 0.187 e. The third-order valence-electron chi connectivity index (χ3n) is 3.27. The monoisotopic (exact) mass is 347 g/mol. The molecule has 0 aliphatic rings. The molecule has 0 amide bonds. The lowest BCUT2D eigenvalue weighted by atomic mass is 10.1. The highest BCUT2D eigenvalue weighted by molar-refractivity contribution is 7.80. The fourth-order valence-electron chi connectivity index (χ4n) is 2.20. The third kappa shape index (κ3) is 4.61. The summed E-state index contributed by atoms with van der Waals surface area (Å²) >= 11 is 5.18. The maximum atomic E-state index is 13.1. The first kappa shape index (κ1) is 18.1. The minimum absolute atomic E-state index is 0.126. The van der Waals surface area contributed by atoms with Crippen LogP contribution in [0.5, 0.6) is 0 Å². The summed E-state index contributed by atoms with van der Waals surface area (Å²) in [6.45, 7) is 9.90. The number of halogens is 1. The van der Waals surface area contributed by atoms with Gasteiger partial charge in [-0.1, -0.05) is 0 Å². The van der Waals surface area contributed by atoms with Crippen molar-refractivity contribution in [3.05, 3.63) is 47.0 Å². The van der Waals surface area contributed by atoms with Gasteiger partial charge in [0.1, 0.15) is 5.82 Å². The first-order chi connectivity index (χ1) is 11.2. The molecule has 0 aliphatic heterocycles. The van der Waals surface area contributed by atoms with Crippen molar-refractivity contribution in [1.29, 1.82) is 0 Å². The summed E-state index contributed by atoms with van der Waals surface area (Å²) < 4.78 is 14.8. The van der Waals surface area contributed by atoms with E-state index in [1.54, 1.807) is 23.0 Å². The van der Waals surface area contributed by atoms with Gasteiger partial charge < -0.3 is 5.32 Å². The van der Waals surface area contributed by atoms with Crippen LogP contribution < -0.4 is 10.7 Å². The Labute approximate surface area is 147 Å². The second-order valence-corrected chi connectivity index (χ2v) is 6.96. The Kier molecular flexibility index (Phi) is 5.33. The normalized spacial score (nSPS) is 11.8. The topological polar surface area (TPSA) is 54.2 Å². The third-order valence-corrected chi connectivity index (χ3v) is 3.46. The molecule has 0 saturated carbocycles. The molecule has 0 bridgehead atoms. The molecule has 0 aliphatic carbocycles. The second kappa shape index (κ2) is 7.09. The van der Waals surface area contributed by atoms with Gasteiger partial charge in [0.05, 0.1) is 23.3 Å². The van der Waals surface area contributed by atoms with Crippen molar-refractivity contribution >= 4 is 23.5 Å². The van der Waals surface area contributed by atoms with E-state index < -0.39 is 0 Å². The van der Waals surface area contributed by atoms with Gasteiger partial charge in [-0.2, -0.15) is 10.2 Å². The Morgan fingerprint density at radius 1 is 1.25 bits per heavy atom. The van der Waals surface area contributed by atoms with Gasteiger partial charge >= 0.3 is 0 Å². The highest BCUT2D eigenvalue weighted by Crippen LogP contribution is 2.16. The van der Waals surface area contributed by atoms with Gasteiger partial charge in [0.25, 0.3) is 0 Å². The van der Waals surface area contributed by atoms with Gasteiger partial charge in [0.15, 0.2) is 5.11 Å². The molecular weight excluding hydrogens is 325 g/mol. The van der Waals surface area contributed by atoms with Crippen LogP contribution in [0.3, 0.4) is 0 Å². The van der Waals surface area contributed by atoms with Gasteiger partial charge in [0, 0.05) is 11.1 Å². The van der Waals surface area contributed by atoms with Crippen LogP contribution in [0.2, 0.25) is 0 Å². The number of nitrogens with zero attached hydrogens (tertiary/aromatic N) is 3. The lowest BCUT2D eigenvalue weighted by molar-refractivity contribution is 0.508. The van der Waals surface area contributed by atoms with Crippen LogP contribution >= 0.6 is 12.2 Å². The fraction of sp³-hybridized carbons (Fsp3) is 0.353. The van der Waals surface area contributed by atoms with Gasteiger partial charge in [0.2, 0.25) is 0 Å². The summed E-state index contributed by atoms with van der Waals surface area (Å²) in [5.74, 6) is -0.272. The summed E-state index contributed by atoms with van der Waals surface area (Å²) in [5.41, 5.74) is 6.12. The Morgan fingerprint density at radius 2 is 1.88 bits per heavy atom. The van der Waals surface area contributed by atoms with E-state index in [9.17, 15) is 4.39 Å². The molecule has 0 radical (unpaired) electrons. The van der Waals surface area contributed by atoms with Crippen molar-refractivity contribution in [3.63, 3.8) is 0 Å². The molecule has 2 N–H and O–H groups in total. The van der Waals surface area contributed by atoms with Crippen LogP contribution in [-0.2, 0) is 0 Å². The number of hydrogen-bond donors (Lipinski definition) is 2. The number of hydrazone groups is 1. The smallest absolute Gasteiger partial charge is 0.187 e. The van der Waals surface area contributed by atoms with Crippen LogP contribution in [0, 0.1) is 19.7 Å². The molecule has 5 nitrogen and oxygen atoms in total. The molecule has 0 unspecified atom stereocenters. The van der Waals surface area contributed by atoms with Crippen LogP contribution in [0.15, 0.2) is 29.4 Å². The first-order valence-electron chi connectivity index (χ1n) is 7.61. The number of aromatic nitrogens is 2. The number of nitrogens with one attached hydrogen (secondary N) is 2. The van der Waals surface area contributed by atoms with Crippen molar-refractivity contribution < 1.29 is 4.39 Å². The van der Waals surface area contributed by atoms with E-state index in [1.807, 2.05) is 34.6 Å². The van der Waals surface area contributed by atoms with E-state index >= 15 is 0 Å². The van der Waals surface area contributed by atoms with Gasteiger partial charge in [-0.3, -0.25) is 5.43 Å². The molecule has 2 aromatic rings. The molecule has 0 atom stereocenters. The van der Waals surface area contributed by atoms with E-state index in [4.69, 9.17) is 12.2 Å². The molecular formula is C17H22FN5S. The maximum absolute atomic E-state index is 13.1. The van der Waals surface area contributed by atoms with Crippen molar-refractivity contribution in [3.8, 4) is 5.69 Å². The standard InChI is InChI=1S/C17H22FN5S/c1-11-15(10-19-21-16(24)20-17(3,4)5)12(2)23(22-11)14-8-6-13(18)7-9-14/h6-10H,1-5H3,(H2,20,21,24)/b19-10-. The summed E-state index contributed by atoms with van der Waals surface area (Å²) in [4.78, 5) is 0. The van der Waals surface area contributed by atoms with Gasteiger partial charge in [-0.15, -0.1) is 0 Å². The molecule has 0 spiro atoms. The predicted octanol–water partition coefficient (Wildman–Crippen LogP) is 3.22. The number of benzene rings is 1. The predicted molar refractivity (Wildman–Crippen MR) is 99.2 cm³/mol. The average Bonchev–Trinajstić information content (AvgIpc) is 2.74. The van der Waals surface area contributed by atoms with Crippen LogP contribution in [0.1, 0.15) is 37.7 Å². The van der Waals surface area contributed by atoms with Crippen molar-refractivity contribution in [2.24, 2.45) is 5.10 Å². The number of hydrogen-bond acceptors (Lipinski definition) is 3. The summed E-state index contributed by atoms with van der Waals surface area (Å²) in [6, 6.07) is 6.21. The van der Waals surface area contributed by atoms with Crippen LogP contribution in [-0.4, -0.2) is 26.6 Å². The molecule has 1 aromatic heterocycles. The summed E-state index contributed by atoms with van der Waals surface area (Å²) in [5, 5.41) is 12.2. The van der Waals surface area contributed by atoms with E-state index in [0.29, 0.717) is 5.11 Å². The zero-order chi connectivity index (χ0) is 17.9. The van der Waals surface area contributed by atoms with E-state index in [2.05, 4.69) is 20.9 Å². The first-order valence-corrected chi connectivity index (χ1v) is 8.01. The SMILES string of the molecule is Cc1nn(-c2ccc(F)cc2)c(C)c1/C=N\NC(=S)NC(C)(C)C. The quantitative estimate of drug-likeness (QED) is 0.508. The van der Waals surface area contributed by atoms with Crippen LogP contribution in [0.4, 0.5) is 4.39 Å². The summed E-state index contributed by atoms with van der Waals surface area (Å²) in [6.07, 6.45) is 1.69. The Balaban J connectivity index is 2.16. The minimum atomic E-state index is -0.272. The second-order valence-electron chi connectivity index (χ2n) is 6.55. The Morgan fingerprint density at radius 3 is 2.46 bits per heavy atom. The van der Waals surface area contributed by atoms with E-state index in [0.717, 1.165) is 22.6 Å². The van der Waals surface area contributed by atoms with Crippen molar-refractivity contribution in [2.75, 3.05) is 0 Å². The molecule has 128 valence electrons. The van der Waals surface area contributed by atoms with Crippen molar-refractivity contribution in [2.45, 2.75) is 40.2 Å². The molecule has 1 heterocycles. The number of thiocarbonyl (C=S) groups is 1. The Bertz CT molecular complexity index is 757. The lowest BCUT2D eigenvalue weighted by Crippen LogP contribution is -2.44. The Hall–Kier alpha value is -2.28. The molecule has 2 rings (SSSR count). The van der Waals surface area contributed by atoms with E-state index in [-0.39, 0.29) is 11.4 Å². The molecule has 0 fully saturated rings.